The molecule has 2 aromatic carbocycles. The normalized spacial score (nSPS) is 25.2. The molecular formula is C40H54BrF5N4O5S. The Balaban J connectivity index is 1.38. The first kappa shape index (κ1) is 44.4. The first-order chi connectivity index (χ1) is 25.9. The highest BCUT2D eigenvalue weighted by molar-refractivity contribution is 9.10. The van der Waals surface area contributed by atoms with Crippen molar-refractivity contribution in [3.63, 3.8) is 0 Å². The van der Waals surface area contributed by atoms with Crippen molar-refractivity contribution in [2.24, 2.45) is 28.6 Å². The zero-order chi connectivity index (χ0) is 41.5. The van der Waals surface area contributed by atoms with Gasteiger partial charge in [0.15, 0.2) is 0 Å². The van der Waals surface area contributed by atoms with Gasteiger partial charge in [0.2, 0.25) is 15.9 Å². The number of nitrogens with zero attached hydrogens (tertiary/aromatic N) is 3. The van der Waals surface area contributed by atoms with E-state index in [-0.39, 0.29) is 77.1 Å². The predicted molar refractivity (Wildman–Crippen MR) is 206 cm³/mol. The number of hydrogen-bond acceptors (Lipinski definition) is 7. The molecule has 16 heteroatoms. The Hall–Kier alpha value is -2.66. The number of benzene rings is 2. The molecule has 1 N–H and O–H groups in total. The van der Waals surface area contributed by atoms with Crippen LogP contribution in [0.4, 0.5) is 22.0 Å². The van der Waals surface area contributed by atoms with Crippen molar-refractivity contribution in [1.29, 1.82) is 0 Å². The van der Waals surface area contributed by atoms with Crippen LogP contribution in [0.15, 0.2) is 40.9 Å². The summed E-state index contributed by atoms with van der Waals surface area (Å²) in [5.41, 5.74) is 0.958. The molecule has 4 aliphatic rings. The minimum absolute atomic E-state index is 0.0181. The molecule has 1 saturated heterocycles. The van der Waals surface area contributed by atoms with E-state index in [2.05, 4.69) is 46.8 Å². The number of alkyl halides is 3. The van der Waals surface area contributed by atoms with Crippen molar-refractivity contribution in [1.82, 2.24) is 19.4 Å². The van der Waals surface area contributed by atoms with Gasteiger partial charge in [0, 0.05) is 43.8 Å². The molecule has 1 aliphatic heterocycles. The third kappa shape index (κ3) is 10.3. The van der Waals surface area contributed by atoms with Crippen molar-refractivity contribution < 1.29 is 44.7 Å². The van der Waals surface area contributed by atoms with Gasteiger partial charge in [-0.1, -0.05) is 65.8 Å². The largest absolute Gasteiger partial charge is 0.490 e. The van der Waals surface area contributed by atoms with E-state index in [9.17, 15) is 31.2 Å². The number of likely N-dealkylation sites (N-methyl/N-ethyl adjacent to an activating group) is 1. The van der Waals surface area contributed by atoms with Crippen LogP contribution in [0.5, 0.6) is 0 Å². The molecule has 6 atom stereocenters. The maximum atomic E-state index is 15.5. The molecule has 6 rings (SSSR count). The second kappa shape index (κ2) is 16.9. The number of halogens is 6. The fourth-order valence-electron chi connectivity index (χ4n) is 8.96. The third-order valence-electron chi connectivity index (χ3n) is 12.1. The topological polar surface area (TPSA) is 99.3 Å². The summed E-state index contributed by atoms with van der Waals surface area (Å²) in [7, 11) is -2.26. The van der Waals surface area contributed by atoms with Crippen LogP contribution in [0.25, 0.3) is 0 Å². The zero-order valence-electron chi connectivity index (χ0n) is 33.1. The molecule has 6 unspecified atom stereocenters. The maximum Gasteiger partial charge on any atom is 0.490 e. The van der Waals surface area contributed by atoms with Crippen LogP contribution in [-0.4, -0.2) is 84.8 Å². The van der Waals surface area contributed by atoms with Crippen LogP contribution in [0.2, 0.25) is 0 Å². The minimum atomic E-state index is -5.16. The lowest BCUT2D eigenvalue weighted by Crippen LogP contribution is -2.61. The Bertz CT molecular complexity index is 1870. The molecule has 56 heavy (non-hydrogen) atoms. The Morgan fingerprint density at radius 2 is 1.75 bits per heavy atom. The number of hydrogen-bond donors (Lipinski definition) is 1. The summed E-state index contributed by atoms with van der Waals surface area (Å²) in [6, 6.07) is 8.11. The fourth-order valence-corrected chi connectivity index (χ4v) is 11.0. The molecule has 0 aromatic heterocycles. The summed E-state index contributed by atoms with van der Waals surface area (Å²) < 4.78 is 102. The Morgan fingerprint density at radius 1 is 1.07 bits per heavy atom. The van der Waals surface area contributed by atoms with Crippen LogP contribution in [0.3, 0.4) is 0 Å². The first-order valence-corrected chi connectivity index (χ1v) is 21.4. The average Bonchev–Trinajstić information content (AvgIpc) is 3.39. The van der Waals surface area contributed by atoms with Gasteiger partial charge in [-0.05, 0) is 101 Å². The van der Waals surface area contributed by atoms with Gasteiger partial charge in [-0.15, -0.1) is 0 Å². The van der Waals surface area contributed by atoms with E-state index in [1.807, 2.05) is 25.7 Å². The first-order valence-electron chi connectivity index (χ1n) is 19.0. The van der Waals surface area contributed by atoms with Gasteiger partial charge < -0.3 is 10.1 Å². The van der Waals surface area contributed by atoms with E-state index >= 15 is 8.78 Å². The van der Waals surface area contributed by atoms with Gasteiger partial charge in [0.1, 0.15) is 24.4 Å². The Morgan fingerprint density at radius 3 is 2.38 bits per heavy atom. The SMILES string of the molecule is CC1C(NC(=O)C2CCS(=O)(=O)N2Cc2cccc(CN(Cc3c(F)ccc(Br)c3F)C(CN(C)COC(=O)C(F)(F)F)CC(C)(C)C)c2)CC2CC1C2(C)C. The fraction of sp³-hybridized carbons (Fsp3) is 0.650. The Labute approximate surface area is 335 Å². The smallest absolute Gasteiger partial charge is 0.443 e. The molecule has 2 aromatic rings. The predicted octanol–water partition coefficient (Wildman–Crippen LogP) is 7.62. The Kier molecular flexibility index (Phi) is 13.4. The highest BCUT2D eigenvalue weighted by atomic mass is 79.9. The van der Waals surface area contributed by atoms with Crippen molar-refractivity contribution in [2.45, 2.75) is 111 Å². The highest BCUT2D eigenvalue weighted by Crippen LogP contribution is 2.61. The number of rotatable bonds is 14. The van der Waals surface area contributed by atoms with Crippen LogP contribution in [-0.2, 0) is 44.0 Å². The van der Waals surface area contributed by atoms with E-state index in [1.54, 1.807) is 24.3 Å². The summed E-state index contributed by atoms with van der Waals surface area (Å²) in [5, 5.41) is 3.20. The summed E-state index contributed by atoms with van der Waals surface area (Å²) in [6.45, 7) is 11.8. The van der Waals surface area contributed by atoms with Gasteiger partial charge in [-0.2, -0.15) is 17.5 Å². The molecule has 9 nitrogen and oxygen atoms in total. The lowest BCUT2D eigenvalue weighted by atomic mass is 9.45. The van der Waals surface area contributed by atoms with E-state index in [4.69, 9.17) is 0 Å². The van der Waals surface area contributed by atoms with Gasteiger partial charge in [0.25, 0.3) is 0 Å². The number of esters is 1. The van der Waals surface area contributed by atoms with Crippen LogP contribution in [0, 0.1) is 40.2 Å². The van der Waals surface area contributed by atoms with Crippen molar-refractivity contribution >= 4 is 37.8 Å². The van der Waals surface area contributed by atoms with Gasteiger partial charge in [-0.25, -0.2) is 22.0 Å². The van der Waals surface area contributed by atoms with Crippen LogP contribution >= 0.6 is 15.9 Å². The standard InChI is InChI=1S/C40H54BrF5N4O5S/c1-24-30-16-27(39(30,5)6)17-33(24)47-36(51)34-13-14-56(53,54)50(34)20-26-10-8-9-25(15-26)19-49(22-29-32(42)12-11-31(41)35(29)43)28(18-38(2,3)4)21-48(7)23-55-37(52)40(44,45)46/h8-12,15,24,27-28,30,33-34H,13-14,16-23H2,1-7H3,(H,47,51). The number of amides is 1. The number of sulfonamides is 1. The van der Waals surface area contributed by atoms with Gasteiger partial charge >= 0.3 is 12.1 Å². The molecule has 1 amide bonds. The molecule has 1 heterocycles. The zero-order valence-corrected chi connectivity index (χ0v) is 35.5. The highest BCUT2D eigenvalue weighted by Gasteiger charge is 2.57. The summed E-state index contributed by atoms with van der Waals surface area (Å²) in [5.74, 6) is -3.04. The number of carbonyl (C=O) groups is 2. The van der Waals surface area contributed by atoms with E-state index < -0.39 is 52.6 Å². The molecular weight excluding hydrogens is 823 g/mol. The van der Waals surface area contributed by atoms with Gasteiger partial charge in [0.05, 0.1) is 10.2 Å². The lowest BCUT2D eigenvalue weighted by Gasteiger charge is -2.62. The maximum absolute atomic E-state index is 15.5. The molecule has 2 bridgehead atoms. The second-order valence-corrected chi connectivity index (χ2v) is 20.7. The number of ether oxygens (including phenoxy) is 1. The molecule has 0 spiro atoms. The third-order valence-corrected chi connectivity index (χ3v) is 14.6. The monoisotopic (exact) mass is 876 g/mol. The van der Waals surface area contributed by atoms with E-state index in [1.165, 1.54) is 22.3 Å². The van der Waals surface area contributed by atoms with E-state index in [0.29, 0.717) is 29.4 Å². The van der Waals surface area contributed by atoms with Crippen molar-refractivity contribution in [2.75, 3.05) is 26.1 Å². The summed E-state index contributed by atoms with van der Waals surface area (Å²) in [4.78, 5) is 28.4. The lowest BCUT2D eigenvalue weighted by molar-refractivity contribution is -0.203. The number of carbonyl (C=O) groups excluding carboxylic acids is 2. The van der Waals surface area contributed by atoms with Crippen molar-refractivity contribution in [3.8, 4) is 0 Å². The molecule has 3 aliphatic carbocycles. The van der Waals surface area contributed by atoms with Crippen LogP contribution in [0.1, 0.15) is 83.9 Å². The average molecular weight is 878 g/mol. The summed E-state index contributed by atoms with van der Waals surface area (Å²) >= 11 is 3.14. The van der Waals surface area contributed by atoms with Crippen molar-refractivity contribution in [3.05, 3.63) is 69.2 Å². The molecule has 4 fully saturated rings. The number of fused-ring (bicyclic) bond motifs is 2. The molecule has 0 radical (unpaired) electrons. The number of nitrogens with one attached hydrogen (secondary N) is 1. The minimum Gasteiger partial charge on any atom is -0.443 e. The quantitative estimate of drug-likeness (QED) is 0.0903. The summed E-state index contributed by atoms with van der Waals surface area (Å²) in [6.07, 6.45) is -2.54. The second-order valence-electron chi connectivity index (χ2n) is 17.8. The molecule has 3 saturated carbocycles. The van der Waals surface area contributed by atoms with E-state index in [0.717, 1.165) is 18.9 Å². The van der Waals surface area contributed by atoms with Gasteiger partial charge in [-0.3, -0.25) is 14.6 Å². The molecule has 312 valence electrons. The van der Waals surface area contributed by atoms with Crippen LogP contribution < -0.4 is 5.32 Å².